The van der Waals surface area contributed by atoms with Gasteiger partial charge in [-0.15, -0.1) is 0 Å². The van der Waals surface area contributed by atoms with E-state index in [0.29, 0.717) is 23.4 Å². The average Bonchev–Trinajstić information content (AvgIpc) is 2.86. The summed E-state index contributed by atoms with van der Waals surface area (Å²) in [6, 6.07) is 12.4. The van der Waals surface area contributed by atoms with Crippen molar-refractivity contribution >= 4 is 17.4 Å². The van der Waals surface area contributed by atoms with Crippen LogP contribution in [0.25, 0.3) is 0 Å². The molecule has 1 aliphatic heterocycles. The molecule has 0 radical (unpaired) electrons. The van der Waals surface area contributed by atoms with Crippen molar-refractivity contribution in [3.63, 3.8) is 0 Å². The highest BCUT2D eigenvalue weighted by Crippen LogP contribution is 2.49. The lowest BCUT2D eigenvalue weighted by molar-refractivity contribution is -0.385. The molecule has 1 N–H and O–H groups in total. The second-order valence-electron chi connectivity index (χ2n) is 8.44. The number of carbonyl (C=O) groups excluding carboxylic acids is 2. The second-order valence-corrected chi connectivity index (χ2v) is 8.44. The van der Waals surface area contributed by atoms with E-state index in [1.165, 1.54) is 33.5 Å². The van der Waals surface area contributed by atoms with Crippen LogP contribution in [0.1, 0.15) is 42.7 Å². The number of methoxy groups -OCH3 is 3. The quantitative estimate of drug-likeness (QED) is 0.374. The molecule has 0 aromatic heterocycles. The maximum atomic E-state index is 13.6. The van der Waals surface area contributed by atoms with Crippen molar-refractivity contribution in [2.75, 3.05) is 21.3 Å². The number of ether oxygens (including phenoxy) is 3. The number of ketones is 1. The first-order valence-corrected chi connectivity index (χ1v) is 11.1. The molecule has 1 aliphatic carbocycles. The molecule has 0 amide bonds. The summed E-state index contributed by atoms with van der Waals surface area (Å²) >= 11 is 0. The van der Waals surface area contributed by atoms with Crippen molar-refractivity contribution in [3.05, 3.63) is 86.2 Å². The molecule has 35 heavy (non-hydrogen) atoms. The fourth-order valence-electron chi connectivity index (χ4n) is 4.96. The van der Waals surface area contributed by atoms with Gasteiger partial charge in [-0.1, -0.05) is 30.3 Å². The molecule has 0 unspecified atom stereocenters. The highest BCUT2D eigenvalue weighted by atomic mass is 16.6. The number of nitrogens with one attached hydrogen (secondary N) is 1. The zero-order valence-corrected chi connectivity index (χ0v) is 19.9. The molecular weight excluding hydrogens is 452 g/mol. The summed E-state index contributed by atoms with van der Waals surface area (Å²) in [5, 5.41) is 15.3. The number of benzene rings is 2. The van der Waals surface area contributed by atoms with Crippen LogP contribution < -0.4 is 14.8 Å². The minimum Gasteiger partial charge on any atom is -0.493 e. The van der Waals surface area contributed by atoms with Gasteiger partial charge in [0.05, 0.1) is 43.8 Å². The molecule has 0 saturated carbocycles. The van der Waals surface area contributed by atoms with E-state index in [1.54, 1.807) is 6.92 Å². The minimum absolute atomic E-state index is 0.0523. The lowest BCUT2D eigenvalue weighted by atomic mass is 9.71. The van der Waals surface area contributed by atoms with Crippen molar-refractivity contribution in [2.45, 2.75) is 31.6 Å². The van der Waals surface area contributed by atoms with Crippen LogP contribution in [0.5, 0.6) is 11.5 Å². The second kappa shape index (κ2) is 9.61. The average molecular weight is 479 g/mol. The molecule has 2 atom stereocenters. The Hall–Kier alpha value is -4.14. The van der Waals surface area contributed by atoms with Crippen molar-refractivity contribution in [1.29, 1.82) is 0 Å². The fourth-order valence-corrected chi connectivity index (χ4v) is 4.96. The number of nitrogens with zero attached hydrogens (tertiary/aromatic N) is 1. The predicted octanol–water partition coefficient (Wildman–Crippen LogP) is 4.15. The van der Waals surface area contributed by atoms with Crippen LogP contribution >= 0.6 is 0 Å². The topological polar surface area (TPSA) is 117 Å². The minimum atomic E-state index is -0.997. The molecule has 182 valence electrons. The first-order chi connectivity index (χ1) is 16.8. The molecule has 0 fully saturated rings. The van der Waals surface area contributed by atoms with E-state index in [1.807, 2.05) is 30.3 Å². The first-order valence-electron chi connectivity index (χ1n) is 11.1. The summed E-state index contributed by atoms with van der Waals surface area (Å²) < 4.78 is 15.7. The Bertz CT molecular complexity index is 1260. The normalized spacial score (nSPS) is 19.6. The molecule has 0 bridgehead atoms. The molecule has 0 saturated heterocycles. The Balaban J connectivity index is 1.94. The number of Topliss-reactive ketones (excluding diaryl/α,β-unsaturated/α-hetero) is 1. The number of nitro groups is 1. The molecule has 4 rings (SSSR count). The Morgan fingerprint density at radius 3 is 2.31 bits per heavy atom. The van der Waals surface area contributed by atoms with E-state index in [0.717, 1.165) is 5.56 Å². The van der Waals surface area contributed by atoms with E-state index in [2.05, 4.69) is 5.32 Å². The molecule has 1 heterocycles. The number of hydrogen-bond donors (Lipinski definition) is 1. The molecule has 0 spiro atoms. The van der Waals surface area contributed by atoms with Gasteiger partial charge in [0.1, 0.15) is 0 Å². The van der Waals surface area contributed by atoms with Gasteiger partial charge in [-0.2, -0.15) is 0 Å². The Kier molecular flexibility index (Phi) is 6.59. The maximum absolute atomic E-state index is 13.6. The zero-order valence-electron chi connectivity index (χ0n) is 19.9. The lowest BCUT2D eigenvalue weighted by Gasteiger charge is -2.36. The van der Waals surface area contributed by atoms with E-state index in [4.69, 9.17) is 14.2 Å². The number of dihydropyridines is 1. The van der Waals surface area contributed by atoms with E-state index >= 15 is 0 Å². The number of nitro benzene ring substituents is 1. The molecular formula is C26H26N2O7. The largest absolute Gasteiger partial charge is 0.493 e. The maximum Gasteiger partial charge on any atom is 0.336 e. The monoisotopic (exact) mass is 478 g/mol. The fraction of sp³-hybridized carbons (Fsp3) is 0.308. The molecule has 9 nitrogen and oxygen atoms in total. The number of allylic oxidation sites excluding steroid dienone is 3. The van der Waals surface area contributed by atoms with Crippen LogP contribution in [0, 0.1) is 10.1 Å². The van der Waals surface area contributed by atoms with Gasteiger partial charge in [0.25, 0.3) is 5.69 Å². The Labute approximate surface area is 202 Å². The van der Waals surface area contributed by atoms with E-state index < -0.39 is 16.8 Å². The van der Waals surface area contributed by atoms with Crippen LogP contribution in [-0.4, -0.2) is 38.0 Å². The van der Waals surface area contributed by atoms with E-state index in [-0.39, 0.29) is 46.4 Å². The number of hydrogen-bond acceptors (Lipinski definition) is 8. The summed E-state index contributed by atoms with van der Waals surface area (Å²) in [6.45, 7) is 1.70. The standard InChI is InChI=1S/C26H26N2O7/c1-14-23(26(30)35-4)24(17-12-21(33-2)22(34-3)13-19(17)28(31)32)25-18(27-14)10-16(11-20(25)29)15-8-6-5-7-9-15/h5-9,12-13,16,24,27H,10-11H2,1-4H3/t16-,24-/m1/s1. The summed E-state index contributed by atoms with van der Waals surface area (Å²) in [4.78, 5) is 38.1. The molecule has 2 aromatic rings. The summed E-state index contributed by atoms with van der Waals surface area (Å²) in [5.74, 6) is -1.48. The Morgan fingerprint density at radius 1 is 1.06 bits per heavy atom. The van der Waals surface area contributed by atoms with Crippen molar-refractivity contribution in [3.8, 4) is 11.5 Å². The number of rotatable bonds is 6. The smallest absolute Gasteiger partial charge is 0.336 e. The highest BCUT2D eigenvalue weighted by Gasteiger charge is 2.44. The van der Waals surface area contributed by atoms with Crippen LogP contribution in [0.3, 0.4) is 0 Å². The van der Waals surface area contributed by atoms with Crippen LogP contribution in [0.15, 0.2) is 65.0 Å². The third-order valence-corrected chi connectivity index (χ3v) is 6.54. The molecule has 9 heteroatoms. The number of esters is 1. The van der Waals surface area contributed by atoms with Gasteiger partial charge in [0.2, 0.25) is 0 Å². The summed E-state index contributed by atoms with van der Waals surface area (Å²) in [6.07, 6.45) is 0.740. The highest BCUT2D eigenvalue weighted by molar-refractivity contribution is 6.04. The predicted molar refractivity (Wildman–Crippen MR) is 127 cm³/mol. The van der Waals surface area contributed by atoms with Crippen molar-refractivity contribution in [2.24, 2.45) is 0 Å². The van der Waals surface area contributed by atoms with Gasteiger partial charge < -0.3 is 19.5 Å². The molecule has 2 aromatic carbocycles. The van der Waals surface area contributed by atoms with Gasteiger partial charge in [-0.25, -0.2) is 4.79 Å². The van der Waals surface area contributed by atoms with E-state index in [9.17, 15) is 19.7 Å². The lowest BCUT2D eigenvalue weighted by Crippen LogP contribution is -2.36. The Morgan fingerprint density at radius 2 is 1.71 bits per heavy atom. The summed E-state index contributed by atoms with van der Waals surface area (Å²) in [7, 11) is 4.03. The van der Waals surface area contributed by atoms with Crippen LogP contribution in [0.2, 0.25) is 0 Å². The van der Waals surface area contributed by atoms with Crippen molar-refractivity contribution < 1.29 is 28.7 Å². The van der Waals surface area contributed by atoms with Gasteiger partial charge in [0, 0.05) is 29.0 Å². The van der Waals surface area contributed by atoms with Crippen molar-refractivity contribution in [1.82, 2.24) is 5.32 Å². The number of carbonyl (C=O) groups is 2. The first kappa shape index (κ1) is 24.0. The van der Waals surface area contributed by atoms with Gasteiger partial charge in [-0.3, -0.25) is 14.9 Å². The molecule has 2 aliphatic rings. The van der Waals surface area contributed by atoms with Crippen LogP contribution in [0.4, 0.5) is 5.69 Å². The van der Waals surface area contributed by atoms with Gasteiger partial charge >= 0.3 is 5.97 Å². The van der Waals surface area contributed by atoms with Gasteiger partial charge in [0.15, 0.2) is 17.3 Å². The van der Waals surface area contributed by atoms with Gasteiger partial charge in [-0.05, 0) is 30.9 Å². The van der Waals surface area contributed by atoms with Crippen LogP contribution in [-0.2, 0) is 14.3 Å². The SMILES string of the molecule is COC(=O)C1=C(C)NC2=C(C(=O)C[C@H](c3ccccc3)C2)[C@@H]1c1cc(OC)c(OC)cc1[N+](=O)[O-]. The third kappa shape index (κ3) is 4.25. The summed E-state index contributed by atoms with van der Waals surface area (Å²) in [5.41, 5.74) is 2.51. The zero-order chi connectivity index (χ0) is 25.3. The third-order valence-electron chi connectivity index (χ3n) is 6.54.